The molecule has 0 saturated carbocycles. The standard InChI is InChI=1S/C18H24N2O4S/c1-2-16(20-12-14-5-3-4-6-15(14)18(20)22)17(21)19-11-13-7-9-25(23,24)10-8-13/h3-6,13,16H,2,7-12H2,1H3,(H,19,21)/t16-/m0/s1. The zero-order chi connectivity index (χ0) is 18.0. The van der Waals surface area contributed by atoms with Crippen molar-refractivity contribution in [2.24, 2.45) is 5.92 Å². The molecule has 0 spiro atoms. The SMILES string of the molecule is CC[C@@H](C(=O)NCC1CCS(=O)(=O)CC1)N1Cc2ccccc2C1=O. The predicted octanol–water partition coefficient (Wildman–Crippen LogP) is 1.36. The third kappa shape index (κ3) is 3.86. The van der Waals surface area contributed by atoms with Crippen molar-refractivity contribution >= 4 is 21.7 Å². The van der Waals surface area contributed by atoms with Crippen LogP contribution >= 0.6 is 0 Å². The fourth-order valence-electron chi connectivity index (χ4n) is 3.58. The van der Waals surface area contributed by atoms with Crippen LogP contribution in [0.5, 0.6) is 0 Å². The molecule has 2 amide bonds. The lowest BCUT2D eigenvalue weighted by Crippen LogP contribution is -2.48. The number of hydrogen-bond acceptors (Lipinski definition) is 4. The normalized spacial score (nSPS) is 21.0. The molecule has 2 aliphatic rings. The van der Waals surface area contributed by atoms with E-state index in [1.54, 1.807) is 11.0 Å². The highest BCUT2D eigenvalue weighted by Crippen LogP contribution is 2.25. The Hall–Kier alpha value is -1.89. The van der Waals surface area contributed by atoms with Gasteiger partial charge in [-0.25, -0.2) is 8.42 Å². The van der Waals surface area contributed by atoms with E-state index >= 15 is 0 Å². The van der Waals surface area contributed by atoms with Crippen LogP contribution in [0.15, 0.2) is 24.3 Å². The Labute approximate surface area is 148 Å². The number of carbonyl (C=O) groups is 2. The highest BCUT2D eigenvalue weighted by atomic mass is 32.2. The van der Waals surface area contributed by atoms with Crippen molar-refractivity contribution in [1.29, 1.82) is 0 Å². The summed E-state index contributed by atoms with van der Waals surface area (Å²) in [5, 5.41) is 2.93. The molecule has 6 nitrogen and oxygen atoms in total. The molecule has 0 radical (unpaired) electrons. The van der Waals surface area contributed by atoms with Gasteiger partial charge in [-0.15, -0.1) is 0 Å². The maximum atomic E-state index is 12.6. The molecule has 0 aliphatic carbocycles. The highest BCUT2D eigenvalue weighted by Gasteiger charge is 2.35. The number of nitrogens with zero attached hydrogens (tertiary/aromatic N) is 1. The van der Waals surface area contributed by atoms with Crippen molar-refractivity contribution in [2.45, 2.75) is 38.8 Å². The summed E-state index contributed by atoms with van der Waals surface area (Å²) >= 11 is 0. The fourth-order valence-corrected chi connectivity index (χ4v) is 5.17. The number of nitrogens with one attached hydrogen (secondary N) is 1. The van der Waals surface area contributed by atoms with E-state index in [2.05, 4.69) is 5.32 Å². The summed E-state index contributed by atoms with van der Waals surface area (Å²) in [5.41, 5.74) is 1.63. The van der Waals surface area contributed by atoms with Crippen molar-refractivity contribution in [2.75, 3.05) is 18.1 Å². The number of benzene rings is 1. The molecular weight excluding hydrogens is 340 g/mol. The van der Waals surface area contributed by atoms with Crippen LogP contribution in [0, 0.1) is 5.92 Å². The second-order valence-electron chi connectivity index (χ2n) is 6.85. The average molecular weight is 364 g/mol. The second-order valence-corrected chi connectivity index (χ2v) is 9.16. The second kappa shape index (κ2) is 7.15. The lowest BCUT2D eigenvalue weighted by Gasteiger charge is -2.27. The van der Waals surface area contributed by atoms with Crippen molar-refractivity contribution < 1.29 is 18.0 Å². The summed E-state index contributed by atoms with van der Waals surface area (Å²) in [4.78, 5) is 26.8. The van der Waals surface area contributed by atoms with Crippen LogP contribution < -0.4 is 5.32 Å². The van der Waals surface area contributed by atoms with Crippen molar-refractivity contribution in [3.8, 4) is 0 Å². The van der Waals surface area contributed by atoms with E-state index in [1.807, 2.05) is 25.1 Å². The van der Waals surface area contributed by atoms with Crippen LogP contribution in [0.2, 0.25) is 0 Å². The van der Waals surface area contributed by atoms with Crippen LogP contribution in [0.25, 0.3) is 0 Å². The van der Waals surface area contributed by atoms with Gasteiger partial charge in [0.1, 0.15) is 15.9 Å². The minimum atomic E-state index is -2.89. The predicted molar refractivity (Wildman–Crippen MR) is 94.8 cm³/mol. The van der Waals surface area contributed by atoms with Gasteiger partial charge in [-0.2, -0.15) is 0 Å². The van der Waals surface area contributed by atoms with Crippen LogP contribution in [0.4, 0.5) is 0 Å². The van der Waals surface area contributed by atoms with Gasteiger partial charge >= 0.3 is 0 Å². The van der Waals surface area contributed by atoms with E-state index in [1.165, 1.54) is 0 Å². The van der Waals surface area contributed by atoms with E-state index < -0.39 is 15.9 Å². The molecule has 2 heterocycles. The molecule has 3 rings (SSSR count). The van der Waals surface area contributed by atoms with Gasteiger partial charge in [-0.05, 0) is 36.8 Å². The quantitative estimate of drug-likeness (QED) is 0.855. The third-order valence-electron chi connectivity index (χ3n) is 5.15. The average Bonchev–Trinajstić information content (AvgIpc) is 2.92. The monoisotopic (exact) mass is 364 g/mol. The maximum Gasteiger partial charge on any atom is 0.255 e. The van der Waals surface area contributed by atoms with Gasteiger partial charge in [0, 0.05) is 18.7 Å². The number of amides is 2. The summed E-state index contributed by atoms with van der Waals surface area (Å²) in [6, 6.07) is 6.95. The molecule has 0 aromatic heterocycles. The molecule has 1 aromatic carbocycles. The first-order valence-electron chi connectivity index (χ1n) is 8.78. The minimum Gasteiger partial charge on any atom is -0.354 e. The van der Waals surface area contributed by atoms with Crippen LogP contribution in [-0.4, -0.2) is 49.2 Å². The maximum absolute atomic E-state index is 12.6. The minimum absolute atomic E-state index is 0.0960. The molecule has 2 aliphatic heterocycles. The Morgan fingerprint density at radius 1 is 1.28 bits per heavy atom. The zero-order valence-electron chi connectivity index (χ0n) is 14.4. The van der Waals surface area contributed by atoms with Gasteiger partial charge in [0.2, 0.25) is 5.91 Å². The van der Waals surface area contributed by atoms with Crippen LogP contribution in [0.3, 0.4) is 0 Å². The van der Waals surface area contributed by atoms with E-state index in [9.17, 15) is 18.0 Å². The molecule has 7 heteroatoms. The molecule has 136 valence electrons. The number of sulfone groups is 1. The summed E-state index contributed by atoms with van der Waals surface area (Å²) < 4.78 is 23.0. The Bertz CT molecular complexity index is 761. The van der Waals surface area contributed by atoms with Gasteiger partial charge in [-0.1, -0.05) is 25.1 Å². The molecule has 0 unspecified atom stereocenters. The lowest BCUT2D eigenvalue weighted by molar-refractivity contribution is -0.126. The number of rotatable bonds is 5. The first-order chi connectivity index (χ1) is 11.9. The van der Waals surface area contributed by atoms with E-state index in [4.69, 9.17) is 0 Å². The van der Waals surface area contributed by atoms with Gasteiger partial charge in [0.25, 0.3) is 5.91 Å². The van der Waals surface area contributed by atoms with Gasteiger partial charge in [-0.3, -0.25) is 9.59 Å². The molecule has 1 N–H and O–H groups in total. The fraction of sp³-hybridized carbons (Fsp3) is 0.556. The zero-order valence-corrected chi connectivity index (χ0v) is 15.2. The topological polar surface area (TPSA) is 83.6 Å². The summed E-state index contributed by atoms with van der Waals surface area (Å²) in [7, 11) is -2.89. The highest BCUT2D eigenvalue weighted by molar-refractivity contribution is 7.91. The number of carbonyl (C=O) groups excluding carboxylic acids is 2. The molecule has 1 aromatic rings. The first-order valence-corrected chi connectivity index (χ1v) is 10.6. The third-order valence-corrected chi connectivity index (χ3v) is 6.87. The Balaban J connectivity index is 1.58. The molecular formula is C18H24N2O4S. The van der Waals surface area contributed by atoms with E-state index in [-0.39, 0.29) is 29.2 Å². The smallest absolute Gasteiger partial charge is 0.255 e. The number of fused-ring (bicyclic) bond motifs is 1. The van der Waals surface area contributed by atoms with Gasteiger partial charge in [0.15, 0.2) is 0 Å². The summed E-state index contributed by atoms with van der Waals surface area (Å²) in [6.45, 7) is 2.83. The Kier molecular flexibility index (Phi) is 5.13. The van der Waals surface area contributed by atoms with E-state index in [0.717, 1.165) is 5.56 Å². The van der Waals surface area contributed by atoms with Crippen molar-refractivity contribution in [3.05, 3.63) is 35.4 Å². The summed E-state index contributed by atoms with van der Waals surface area (Å²) in [6.07, 6.45) is 1.73. The molecule has 1 fully saturated rings. The van der Waals surface area contributed by atoms with Gasteiger partial charge < -0.3 is 10.2 Å². The molecule has 1 saturated heterocycles. The number of hydrogen-bond donors (Lipinski definition) is 1. The molecule has 1 atom stereocenters. The molecule has 0 bridgehead atoms. The molecule has 25 heavy (non-hydrogen) atoms. The lowest BCUT2D eigenvalue weighted by atomic mass is 10.0. The van der Waals surface area contributed by atoms with Crippen molar-refractivity contribution in [3.63, 3.8) is 0 Å². The van der Waals surface area contributed by atoms with Crippen molar-refractivity contribution in [1.82, 2.24) is 10.2 Å². The van der Waals surface area contributed by atoms with E-state index in [0.29, 0.717) is 37.9 Å². The Morgan fingerprint density at radius 2 is 1.96 bits per heavy atom. The van der Waals surface area contributed by atoms with Crippen LogP contribution in [-0.2, 0) is 21.2 Å². The summed E-state index contributed by atoms with van der Waals surface area (Å²) in [5.74, 6) is 0.338. The largest absolute Gasteiger partial charge is 0.354 e. The van der Waals surface area contributed by atoms with Gasteiger partial charge in [0.05, 0.1) is 11.5 Å². The van der Waals surface area contributed by atoms with Crippen LogP contribution in [0.1, 0.15) is 42.1 Å². The first kappa shape index (κ1) is 17.9. The Morgan fingerprint density at radius 3 is 2.60 bits per heavy atom.